The normalized spacial score (nSPS) is 21.6. The van der Waals surface area contributed by atoms with E-state index in [4.69, 9.17) is 4.74 Å². The molecule has 2 aromatic rings. The summed E-state index contributed by atoms with van der Waals surface area (Å²) < 4.78 is 46.7. The van der Waals surface area contributed by atoms with Gasteiger partial charge in [0.25, 0.3) is 0 Å². The monoisotopic (exact) mass is 530 g/mol. The van der Waals surface area contributed by atoms with E-state index in [2.05, 4.69) is 5.32 Å². The molecule has 0 saturated carbocycles. The number of likely N-dealkylation sites (N-methyl/N-ethyl adjacent to an activating group) is 1. The first-order chi connectivity index (χ1) is 17.6. The summed E-state index contributed by atoms with van der Waals surface area (Å²) in [6.07, 6.45) is 0. The molecule has 1 saturated heterocycles. The van der Waals surface area contributed by atoms with Crippen LogP contribution in [0, 0.1) is 5.82 Å². The van der Waals surface area contributed by atoms with Crippen LogP contribution in [0.5, 0.6) is 0 Å². The van der Waals surface area contributed by atoms with Crippen molar-refractivity contribution in [3.63, 3.8) is 0 Å². The van der Waals surface area contributed by atoms with Crippen molar-refractivity contribution in [1.29, 1.82) is 0 Å². The molecule has 0 aromatic heterocycles. The van der Waals surface area contributed by atoms with Crippen LogP contribution in [0.4, 0.5) is 9.18 Å². The van der Waals surface area contributed by atoms with Crippen LogP contribution in [-0.4, -0.2) is 80.4 Å². The minimum atomic E-state index is -3.65. The Balaban J connectivity index is 1.62. The SMILES string of the molecule is CCOC(=O)C1=C(CN2CCN(S(=O)(=O)c3ccccc3)[C@H](C)C2)N(C)C(=O)N[C@@H]1c1ccc(F)cc1. The second-order valence-electron chi connectivity index (χ2n) is 9.09. The second kappa shape index (κ2) is 11.0. The molecule has 1 N–H and O–H groups in total. The molecule has 2 heterocycles. The van der Waals surface area contributed by atoms with Crippen LogP contribution in [0.2, 0.25) is 0 Å². The van der Waals surface area contributed by atoms with Crippen LogP contribution in [0.25, 0.3) is 0 Å². The van der Waals surface area contributed by atoms with Crippen LogP contribution in [-0.2, 0) is 19.6 Å². The Morgan fingerprint density at radius 1 is 1.11 bits per heavy atom. The first-order valence-electron chi connectivity index (χ1n) is 12.1. The average Bonchev–Trinajstić information content (AvgIpc) is 2.87. The number of carbonyl (C=O) groups excluding carboxylic acids is 2. The standard InChI is InChI=1S/C26H31FN4O5S/c1-4-36-25(32)23-22(29(3)26(33)28-24(23)19-10-12-20(27)13-11-19)17-30-14-15-31(18(2)16-30)37(34,35)21-8-6-5-7-9-21/h5-13,18,24H,4,14-17H2,1-3H3,(H,28,33)/t18-,24-/m1/s1. The molecular weight excluding hydrogens is 499 g/mol. The molecule has 2 aliphatic heterocycles. The summed E-state index contributed by atoms with van der Waals surface area (Å²) in [7, 11) is -2.08. The van der Waals surface area contributed by atoms with Crippen LogP contribution in [0.1, 0.15) is 25.5 Å². The quantitative estimate of drug-likeness (QED) is 0.553. The summed E-state index contributed by atoms with van der Waals surface area (Å²) in [5, 5.41) is 2.81. The van der Waals surface area contributed by atoms with E-state index in [1.807, 2.05) is 11.8 Å². The van der Waals surface area contributed by atoms with Gasteiger partial charge >= 0.3 is 12.0 Å². The Hall–Kier alpha value is -3.28. The number of piperazine rings is 1. The molecule has 0 spiro atoms. The van der Waals surface area contributed by atoms with E-state index in [0.717, 1.165) is 0 Å². The van der Waals surface area contributed by atoms with Crippen LogP contribution in [0.15, 0.2) is 70.8 Å². The van der Waals surface area contributed by atoms with Crippen molar-refractivity contribution in [2.75, 3.05) is 39.8 Å². The van der Waals surface area contributed by atoms with Gasteiger partial charge in [-0.3, -0.25) is 9.80 Å². The zero-order chi connectivity index (χ0) is 26.7. The zero-order valence-corrected chi connectivity index (χ0v) is 21.9. The van der Waals surface area contributed by atoms with Crippen molar-refractivity contribution in [3.05, 3.63) is 77.2 Å². The third-order valence-corrected chi connectivity index (χ3v) is 8.68. The molecule has 11 heteroatoms. The van der Waals surface area contributed by atoms with Crippen molar-refractivity contribution in [1.82, 2.24) is 19.4 Å². The number of nitrogens with one attached hydrogen (secondary N) is 1. The minimum Gasteiger partial charge on any atom is -0.463 e. The summed E-state index contributed by atoms with van der Waals surface area (Å²) >= 11 is 0. The molecule has 2 aliphatic rings. The predicted molar refractivity (Wildman–Crippen MR) is 135 cm³/mol. The fourth-order valence-corrected chi connectivity index (χ4v) is 6.39. The smallest absolute Gasteiger partial charge is 0.338 e. The Bertz CT molecular complexity index is 1280. The first-order valence-corrected chi connectivity index (χ1v) is 13.6. The molecule has 2 aromatic carbocycles. The Kier molecular flexibility index (Phi) is 7.96. The van der Waals surface area contributed by atoms with Crippen molar-refractivity contribution < 1.29 is 27.1 Å². The number of sulfonamides is 1. The number of halogens is 1. The summed E-state index contributed by atoms with van der Waals surface area (Å²) in [4.78, 5) is 29.6. The predicted octanol–water partition coefficient (Wildman–Crippen LogP) is 2.73. The lowest BCUT2D eigenvalue weighted by Crippen LogP contribution is -2.56. The van der Waals surface area contributed by atoms with E-state index in [-0.39, 0.29) is 36.2 Å². The molecule has 198 valence electrons. The summed E-state index contributed by atoms with van der Waals surface area (Å²) in [5.41, 5.74) is 1.28. The molecular formula is C26H31FN4O5S. The fraction of sp³-hybridized carbons (Fsp3) is 0.385. The highest BCUT2D eigenvalue weighted by Crippen LogP contribution is 2.32. The maximum atomic E-state index is 13.6. The lowest BCUT2D eigenvalue weighted by molar-refractivity contribution is -0.139. The number of benzene rings is 2. The Morgan fingerprint density at radius 2 is 1.78 bits per heavy atom. The lowest BCUT2D eigenvalue weighted by Gasteiger charge is -2.41. The minimum absolute atomic E-state index is 0.149. The molecule has 2 amide bonds. The van der Waals surface area contributed by atoms with Gasteiger partial charge in [-0.1, -0.05) is 30.3 Å². The summed E-state index contributed by atoms with van der Waals surface area (Å²) in [5.74, 6) is -1.00. The van der Waals surface area contributed by atoms with Gasteiger partial charge in [0.05, 0.1) is 23.1 Å². The van der Waals surface area contributed by atoms with Gasteiger partial charge in [-0.25, -0.2) is 22.4 Å². The highest BCUT2D eigenvalue weighted by atomic mass is 32.2. The maximum absolute atomic E-state index is 13.6. The number of carbonyl (C=O) groups is 2. The largest absolute Gasteiger partial charge is 0.463 e. The zero-order valence-electron chi connectivity index (χ0n) is 21.1. The maximum Gasteiger partial charge on any atom is 0.338 e. The third kappa shape index (κ3) is 5.53. The number of ether oxygens (including phenoxy) is 1. The van der Waals surface area contributed by atoms with Gasteiger partial charge in [-0.2, -0.15) is 4.31 Å². The molecule has 0 unspecified atom stereocenters. The van der Waals surface area contributed by atoms with E-state index in [1.54, 1.807) is 44.3 Å². The molecule has 1 fully saturated rings. The van der Waals surface area contributed by atoms with Crippen LogP contribution in [0.3, 0.4) is 0 Å². The van der Waals surface area contributed by atoms with E-state index in [0.29, 0.717) is 24.4 Å². The number of nitrogens with zero attached hydrogens (tertiary/aromatic N) is 3. The van der Waals surface area contributed by atoms with Gasteiger partial charge < -0.3 is 10.1 Å². The summed E-state index contributed by atoms with van der Waals surface area (Å²) in [6, 6.07) is 12.4. The summed E-state index contributed by atoms with van der Waals surface area (Å²) in [6.45, 7) is 5.00. The van der Waals surface area contributed by atoms with E-state index < -0.39 is 33.9 Å². The van der Waals surface area contributed by atoms with Crippen LogP contribution >= 0.6 is 0 Å². The molecule has 37 heavy (non-hydrogen) atoms. The number of rotatable bonds is 7. The number of esters is 1. The second-order valence-corrected chi connectivity index (χ2v) is 11.0. The number of hydrogen-bond donors (Lipinski definition) is 1. The van der Waals surface area contributed by atoms with Crippen molar-refractivity contribution in [2.45, 2.75) is 30.8 Å². The van der Waals surface area contributed by atoms with E-state index >= 15 is 0 Å². The first kappa shape index (κ1) is 26.8. The highest BCUT2D eigenvalue weighted by Gasteiger charge is 2.39. The van der Waals surface area contributed by atoms with Gasteiger partial charge in [0.15, 0.2) is 0 Å². The average molecular weight is 531 g/mol. The number of amides is 2. The van der Waals surface area contributed by atoms with Gasteiger partial charge in [0.2, 0.25) is 10.0 Å². The van der Waals surface area contributed by atoms with Gasteiger partial charge in [0, 0.05) is 45.0 Å². The molecule has 9 nitrogen and oxygen atoms in total. The molecule has 0 radical (unpaired) electrons. The topological polar surface area (TPSA) is 99.3 Å². The van der Waals surface area contributed by atoms with Crippen molar-refractivity contribution in [2.24, 2.45) is 0 Å². The van der Waals surface area contributed by atoms with Crippen molar-refractivity contribution in [3.8, 4) is 0 Å². The fourth-order valence-electron chi connectivity index (χ4n) is 4.76. The molecule has 0 aliphatic carbocycles. The van der Waals surface area contributed by atoms with Gasteiger partial charge in [0.1, 0.15) is 5.82 Å². The molecule has 4 rings (SSSR count). The number of urea groups is 1. The Labute approximate surface area is 216 Å². The molecule has 0 bridgehead atoms. The third-order valence-electron chi connectivity index (χ3n) is 6.65. The van der Waals surface area contributed by atoms with Gasteiger partial charge in [-0.15, -0.1) is 0 Å². The highest BCUT2D eigenvalue weighted by molar-refractivity contribution is 7.89. The lowest BCUT2D eigenvalue weighted by atomic mass is 9.94. The van der Waals surface area contributed by atoms with Crippen molar-refractivity contribution >= 4 is 22.0 Å². The number of hydrogen-bond acceptors (Lipinski definition) is 6. The van der Waals surface area contributed by atoms with E-state index in [9.17, 15) is 22.4 Å². The van der Waals surface area contributed by atoms with E-state index in [1.165, 1.54) is 33.5 Å². The molecule has 2 atom stereocenters. The van der Waals surface area contributed by atoms with Crippen LogP contribution < -0.4 is 5.32 Å². The Morgan fingerprint density at radius 3 is 2.41 bits per heavy atom. The van der Waals surface area contributed by atoms with Gasteiger partial charge in [-0.05, 0) is 43.7 Å².